The van der Waals surface area contributed by atoms with Crippen molar-refractivity contribution < 1.29 is 9.59 Å². The molecule has 114 valence electrons. The molecule has 1 aliphatic heterocycles. The zero-order chi connectivity index (χ0) is 14.7. The second kappa shape index (κ2) is 6.59. The number of nitrogens with zero attached hydrogens (tertiary/aromatic N) is 1. The summed E-state index contributed by atoms with van der Waals surface area (Å²) in [6.45, 7) is 7.24. The largest absolute Gasteiger partial charge is 0.345 e. The monoisotopic (exact) mass is 280 g/mol. The van der Waals surface area contributed by atoms with Crippen LogP contribution < -0.4 is 5.32 Å². The highest BCUT2D eigenvalue weighted by molar-refractivity contribution is 5.94. The predicted molar refractivity (Wildman–Crippen MR) is 79.1 cm³/mol. The van der Waals surface area contributed by atoms with Crippen LogP contribution in [0.4, 0.5) is 0 Å². The summed E-state index contributed by atoms with van der Waals surface area (Å²) in [6, 6.07) is -0.278. The Hall–Kier alpha value is -1.06. The SMILES string of the molecule is CCC1CCC(CN2C(=O)CNC(=O)C2C(C)C)CC1. The van der Waals surface area contributed by atoms with Crippen molar-refractivity contribution in [3.05, 3.63) is 0 Å². The third-order valence-electron chi connectivity index (χ3n) is 4.97. The van der Waals surface area contributed by atoms with Gasteiger partial charge in [0.1, 0.15) is 6.04 Å². The minimum atomic E-state index is -0.278. The number of carbonyl (C=O) groups is 2. The van der Waals surface area contributed by atoms with Gasteiger partial charge in [-0.1, -0.05) is 40.0 Å². The van der Waals surface area contributed by atoms with E-state index in [0.29, 0.717) is 5.92 Å². The summed E-state index contributed by atoms with van der Waals surface area (Å²) in [6.07, 6.45) is 6.24. The number of nitrogens with one attached hydrogen (secondary N) is 1. The van der Waals surface area contributed by atoms with Gasteiger partial charge >= 0.3 is 0 Å². The average molecular weight is 280 g/mol. The van der Waals surface area contributed by atoms with E-state index < -0.39 is 0 Å². The smallest absolute Gasteiger partial charge is 0.243 e. The molecular formula is C16H28N2O2. The quantitative estimate of drug-likeness (QED) is 0.858. The van der Waals surface area contributed by atoms with E-state index in [-0.39, 0.29) is 30.3 Å². The van der Waals surface area contributed by atoms with E-state index in [1.807, 2.05) is 18.7 Å². The molecule has 0 aromatic heterocycles. The third-order valence-corrected chi connectivity index (χ3v) is 4.97. The first kappa shape index (κ1) is 15.3. The molecule has 2 fully saturated rings. The highest BCUT2D eigenvalue weighted by Crippen LogP contribution is 2.32. The minimum absolute atomic E-state index is 0.0156. The summed E-state index contributed by atoms with van der Waals surface area (Å²) in [5.74, 6) is 1.72. The summed E-state index contributed by atoms with van der Waals surface area (Å²) in [4.78, 5) is 26.0. The van der Waals surface area contributed by atoms with Gasteiger partial charge in [0.05, 0.1) is 6.54 Å². The molecule has 2 aliphatic rings. The molecule has 1 saturated heterocycles. The molecule has 0 bridgehead atoms. The van der Waals surface area contributed by atoms with Crippen molar-refractivity contribution in [1.82, 2.24) is 10.2 Å². The molecule has 1 N–H and O–H groups in total. The van der Waals surface area contributed by atoms with E-state index >= 15 is 0 Å². The van der Waals surface area contributed by atoms with Crippen molar-refractivity contribution in [3.63, 3.8) is 0 Å². The van der Waals surface area contributed by atoms with Crippen LogP contribution >= 0.6 is 0 Å². The number of amides is 2. The number of piperazine rings is 1. The fourth-order valence-electron chi connectivity index (χ4n) is 3.64. The van der Waals surface area contributed by atoms with Crippen molar-refractivity contribution in [1.29, 1.82) is 0 Å². The van der Waals surface area contributed by atoms with Crippen LogP contribution in [-0.4, -0.2) is 35.8 Å². The van der Waals surface area contributed by atoms with Gasteiger partial charge in [-0.3, -0.25) is 9.59 Å². The first-order valence-corrected chi connectivity index (χ1v) is 8.10. The molecule has 20 heavy (non-hydrogen) atoms. The molecule has 4 nitrogen and oxygen atoms in total. The minimum Gasteiger partial charge on any atom is -0.345 e. The highest BCUT2D eigenvalue weighted by atomic mass is 16.2. The number of hydrogen-bond acceptors (Lipinski definition) is 2. The van der Waals surface area contributed by atoms with E-state index in [1.165, 1.54) is 32.1 Å². The molecule has 2 amide bonds. The van der Waals surface area contributed by atoms with Gasteiger partial charge in [-0.15, -0.1) is 0 Å². The lowest BCUT2D eigenvalue weighted by Crippen LogP contribution is -2.61. The van der Waals surface area contributed by atoms with Crippen molar-refractivity contribution >= 4 is 11.8 Å². The van der Waals surface area contributed by atoms with Gasteiger partial charge in [-0.25, -0.2) is 0 Å². The van der Waals surface area contributed by atoms with E-state index in [9.17, 15) is 9.59 Å². The molecule has 1 heterocycles. The first-order valence-electron chi connectivity index (χ1n) is 8.10. The second-order valence-electron chi connectivity index (χ2n) is 6.75. The Bertz CT molecular complexity index is 359. The molecule has 1 saturated carbocycles. The van der Waals surface area contributed by atoms with Crippen LogP contribution in [0, 0.1) is 17.8 Å². The van der Waals surface area contributed by atoms with Gasteiger partial charge in [0.15, 0.2) is 0 Å². The summed E-state index contributed by atoms with van der Waals surface area (Å²) in [5.41, 5.74) is 0. The fraction of sp³-hybridized carbons (Fsp3) is 0.875. The Morgan fingerprint density at radius 2 is 1.75 bits per heavy atom. The van der Waals surface area contributed by atoms with E-state index in [4.69, 9.17) is 0 Å². The molecule has 2 rings (SSSR count). The van der Waals surface area contributed by atoms with Gasteiger partial charge < -0.3 is 10.2 Å². The summed E-state index contributed by atoms with van der Waals surface area (Å²) in [7, 11) is 0. The van der Waals surface area contributed by atoms with Gasteiger partial charge in [-0.2, -0.15) is 0 Å². The fourth-order valence-corrected chi connectivity index (χ4v) is 3.64. The third kappa shape index (κ3) is 3.33. The number of rotatable bonds is 4. The average Bonchev–Trinajstić information content (AvgIpc) is 2.43. The Morgan fingerprint density at radius 1 is 1.15 bits per heavy atom. The molecule has 0 aromatic rings. The first-order chi connectivity index (χ1) is 9.52. The highest BCUT2D eigenvalue weighted by Gasteiger charge is 2.37. The van der Waals surface area contributed by atoms with Gasteiger partial charge in [0.25, 0.3) is 0 Å². The molecule has 0 aromatic carbocycles. The Kier molecular flexibility index (Phi) is 5.06. The van der Waals surface area contributed by atoms with Gasteiger partial charge in [0.2, 0.25) is 11.8 Å². The molecule has 0 radical (unpaired) electrons. The topological polar surface area (TPSA) is 49.4 Å². The maximum Gasteiger partial charge on any atom is 0.243 e. The Labute approximate surface area is 122 Å². The van der Waals surface area contributed by atoms with Crippen LogP contribution in [0.25, 0.3) is 0 Å². The zero-order valence-electron chi connectivity index (χ0n) is 13.0. The molecular weight excluding hydrogens is 252 g/mol. The van der Waals surface area contributed by atoms with Crippen LogP contribution in [0.3, 0.4) is 0 Å². The second-order valence-corrected chi connectivity index (χ2v) is 6.75. The number of hydrogen-bond donors (Lipinski definition) is 1. The lowest BCUT2D eigenvalue weighted by atomic mass is 9.80. The summed E-state index contributed by atoms with van der Waals surface area (Å²) in [5, 5.41) is 2.72. The van der Waals surface area contributed by atoms with Crippen LogP contribution in [-0.2, 0) is 9.59 Å². The molecule has 0 spiro atoms. The van der Waals surface area contributed by atoms with Crippen LogP contribution in [0.2, 0.25) is 0 Å². The van der Waals surface area contributed by atoms with Crippen molar-refractivity contribution in [2.45, 2.75) is 58.9 Å². The van der Waals surface area contributed by atoms with Gasteiger partial charge in [0, 0.05) is 6.54 Å². The molecule has 1 unspecified atom stereocenters. The van der Waals surface area contributed by atoms with Crippen molar-refractivity contribution in [3.8, 4) is 0 Å². The summed E-state index contributed by atoms with van der Waals surface area (Å²) < 4.78 is 0. The van der Waals surface area contributed by atoms with Gasteiger partial charge in [-0.05, 0) is 30.6 Å². The molecule has 1 atom stereocenters. The molecule has 4 heteroatoms. The maximum absolute atomic E-state index is 12.2. The maximum atomic E-state index is 12.2. The lowest BCUT2D eigenvalue weighted by Gasteiger charge is -2.40. The van der Waals surface area contributed by atoms with Crippen LogP contribution in [0.15, 0.2) is 0 Å². The predicted octanol–water partition coefficient (Wildman–Crippen LogP) is 2.19. The van der Waals surface area contributed by atoms with Crippen LogP contribution in [0.1, 0.15) is 52.9 Å². The standard InChI is InChI=1S/C16H28N2O2/c1-4-12-5-7-13(8-6-12)10-18-14(19)9-17-16(20)15(18)11(2)3/h11-13,15H,4-10H2,1-3H3,(H,17,20). The van der Waals surface area contributed by atoms with Crippen molar-refractivity contribution in [2.75, 3.05) is 13.1 Å². The molecule has 1 aliphatic carbocycles. The van der Waals surface area contributed by atoms with E-state index in [2.05, 4.69) is 12.2 Å². The van der Waals surface area contributed by atoms with E-state index in [0.717, 1.165) is 12.5 Å². The van der Waals surface area contributed by atoms with Crippen molar-refractivity contribution in [2.24, 2.45) is 17.8 Å². The van der Waals surface area contributed by atoms with E-state index in [1.54, 1.807) is 0 Å². The Morgan fingerprint density at radius 3 is 2.30 bits per heavy atom. The van der Waals surface area contributed by atoms with Crippen LogP contribution in [0.5, 0.6) is 0 Å². The summed E-state index contributed by atoms with van der Waals surface area (Å²) >= 11 is 0. The normalized spacial score (nSPS) is 31.6. The zero-order valence-corrected chi connectivity index (χ0v) is 13.0. The number of carbonyl (C=O) groups excluding carboxylic acids is 2. The lowest BCUT2D eigenvalue weighted by molar-refractivity contribution is -0.148. The Balaban J connectivity index is 1.98.